The van der Waals surface area contributed by atoms with Crippen LogP contribution < -0.4 is 5.32 Å². The van der Waals surface area contributed by atoms with Crippen LogP contribution in [0.3, 0.4) is 0 Å². The average Bonchev–Trinajstić information content (AvgIpc) is 3.25. The maximum Gasteiger partial charge on any atom is 0.241 e. The second-order valence-electron chi connectivity index (χ2n) is 7.68. The predicted molar refractivity (Wildman–Crippen MR) is 101 cm³/mol. The number of likely N-dealkylation sites (tertiary alicyclic amines) is 2. The standard InChI is InChI=1S/C19H31N5O2/c1-13-17(14(2)22(4)21-13)20-18(25)15(3)23-11-7-16(8-12-23)19(26)24-9-5-6-10-24/h15-16H,5-12H2,1-4H3,(H,20,25). The number of carbonyl (C=O) groups excluding carboxylic acids is 2. The Labute approximate surface area is 155 Å². The summed E-state index contributed by atoms with van der Waals surface area (Å²) >= 11 is 0. The van der Waals surface area contributed by atoms with Gasteiger partial charge in [-0.1, -0.05) is 0 Å². The molecule has 0 bridgehead atoms. The van der Waals surface area contributed by atoms with E-state index in [1.54, 1.807) is 4.68 Å². The molecule has 0 aromatic carbocycles. The third-order valence-corrected chi connectivity index (χ3v) is 5.98. The molecule has 1 unspecified atom stereocenters. The molecule has 3 rings (SSSR count). The molecule has 3 heterocycles. The summed E-state index contributed by atoms with van der Waals surface area (Å²) in [6.07, 6.45) is 3.96. The molecular weight excluding hydrogens is 330 g/mol. The van der Waals surface area contributed by atoms with Gasteiger partial charge in [-0.15, -0.1) is 0 Å². The summed E-state index contributed by atoms with van der Waals surface area (Å²) in [5.74, 6) is 0.441. The number of nitrogens with zero attached hydrogens (tertiary/aromatic N) is 4. The third kappa shape index (κ3) is 3.77. The molecular formula is C19H31N5O2. The maximum atomic E-state index is 12.7. The molecule has 2 fully saturated rings. The molecule has 2 aliphatic heterocycles. The zero-order chi connectivity index (χ0) is 18.8. The zero-order valence-corrected chi connectivity index (χ0v) is 16.4. The number of aromatic nitrogens is 2. The lowest BCUT2D eigenvalue weighted by molar-refractivity contribution is -0.136. The lowest BCUT2D eigenvalue weighted by Gasteiger charge is -2.36. The van der Waals surface area contributed by atoms with Gasteiger partial charge in [-0.25, -0.2) is 0 Å². The smallest absolute Gasteiger partial charge is 0.241 e. The van der Waals surface area contributed by atoms with Gasteiger partial charge in [0.15, 0.2) is 0 Å². The minimum atomic E-state index is -0.211. The van der Waals surface area contributed by atoms with E-state index in [0.717, 1.165) is 68.9 Å². The van der Waals surface area contributed by atoms with E-state index in [9.17, 15) is 9.59 Å². The fourth-order valence-electron chi connectivity index (χ4n) is 4.08. The van der Waals surface area contributed by atoms with Crippen LogP contribution in [0.2, 0.25) is 0 Å². The van der Waals surface area contributed by atoms with Crippen LogP contribution in [0.15, 0.2) is 0 Å². The van der Waals surface area contributed by atoms with Gasteiger partial charge >= 0.3 is 0 Å². The molecule has 1 aromatic rings. The molecule has 1 atom stereocenters. The Kier molecular flexibility index (Phi) is 5.65. The number of piperidine rings is 1. The molecule has 144 valence electrons. The van der Waals surface area contributed by atoms with Gasteiger partial charge in [0.25, 0.3) is 0 Å². The van der Waals surface area contributed by atoms with Crippen molar-refractivity contribution in [2.45, 2.75) is 52.5 Å². The summed E-state index contributed by atoms with van der Waals surface area (Å²) in [5, 5.41) is 7.38. The monoisotopic (exact) mass is 361 g/mol. The molecule has 7 nitrogen and oxygen atoms in total. The second-order valence-corrected chi connectivity index (χ2v) is 7.68. The number of rotatable bonds is 4. The Hall–Kier alpha value is -1.89. The van der Waals surface area contributed by atoms with E-state index in [0.29, 0.717) is 5.91 Å². The molecule has 26 heavy (non-hydrogen) atoms. The Morgan fingerprint density at radius 2 is 1.73 bits per heavy atom. The van der Waals surface area contributed by atoms with E-state index in [4.69, 9.17) is 0 Å². The fraction of sp³-hybridized carbons (Fsp3) is 0.737. The van der Waals surface area contributed by atoms with Crippen molar-refractivity contribution in [3.8, 4) is 0 Å². The molecule has 0 spiro atoms. The second kappa shape index (κ2) is 7.78. The van der Waals surface area contributed by atoms with Crippen LogP contribution in [0, 0.1) is 19.8 Å². The lowest BCUT2D eigenvalue weighted by Crippen LogP contribution is -2.48. The van der Waals surface area contributed by atoms with Gasteiger partial charge in [-0.05, 0) is 59.5 Å². The first-order valence-electron chi connectivity index (χ1n) is 9.72. The molecule has 2 amide bonds. The molecule has 0 aliphatic carbocycles. The highest BCUT2D eigenvalue weighted by atomic mass is 16.2. The Balaban J connectivity index is 1.53. The fourth-order valence-corrected chi connectivity index (χ4v) is 4.08. The van der Waals surface area contributed by atoms with Gasteiger partial charge in [0, 0.05) is 26.1 Å². The van der Waals surface area contributed by atoms with Gasteiger partial charge in [0.1, 0.15) is 0 Å². The van der Waals surface area contributed by atoms with Crippen molar-refractivity contribution in [3.05, 3.63) is 11.4 Å². The normalized spacial score (nSPS) is 20.4. The van der Waals surface area contributed by atoms with Crippen LogP contribution in [0.25, 0.3) is 0 Å². The summed E-state index contributed by atoms with van der Waals surface area (Å²) < 4.78 is 1.78. The first-order chi connectivity index (χ1) is 12.4. The summed E-state index contributed by atoms with van der Waals surface area (Å²) in [4.78, 5) is 29.4. The molecule has 2 saturated heterocycles. The Bertz CT molecular complexity index is 670. The van der Waals surface area contributed by atoms with Crippen LogP contribution in [-0.2, 0) is 16.6 Å². The summed E-state index contributed by atoms with van der Waals surface area (Å²) in [5.41, 5.74) is 2.60. The van der Waals surface area contributed by atoms with Crippen LogP contribution >= 0.6 is 0 Å². The number of carbonyl (C=O) groups is 2. The van der Waals surface area contributed by atoms with Crippen molar-refractivity contribution in [2.75, 3.05) is 31.5 Å². The molecule has 0 saturated carbocycles. The van der Waals surface area contributed by atoms with Crippen molar-refractivity contribution >= 4 is 17.5 Å². The van der Waals surface area contributed by atoms with Crippen molar-refractivity contribution in [2.24, 2.45) is 13.0 Å². The van der Waals surface area contributed by atoms with E-state index in [-0.39, 0.29) is 17.9 Å². The molecule has 1 N–H and O–H groups in total. The first kappa shape index (κ1) is 18.9. The van der Waals surface area contributed by atoms with E-state index < -0.39 is 0 Å². The van der Waals surface area contributed by atoms with Crippen molar-refractivity contribution in [1.82, 2.24) is 19.6 Å². The molecule has 1 aromatic heterocycles. The van der Waals surface area contributed by atoms with Gasteiger partial charge in [-0.3, -0.25) is 19.2 Å². The highest BCUT2D eigenvalue weighted by Crippen LogP contribution is 2.24. The molecule has 0 radical (unpaired) electrons. The Morgan fingerprint density at radius 3 is 2.27 bits per heavy atom. The number of hydrogen-bond donors (Lipinski definition) is 1. The number of nitrogens with one attached hydrogen (secondary N) is 1. The van der Waals surface area contributed by atoms with Crippen LogP contribution in [-0.4, -0.2) is 63.6 Å². The van der Waals surface area contributed by atoms with Crippen molar-refractivity contribution in [1.29, 1.82) is 0 Å². The van der Waals surface area contributed by atoms with Crippen molar-refractivity contribution < 1.29 is 9.59 Å². The van der Waals surface area contributed by atoms with Crippen LogP contribution in [0.5, 0.6) is 0 Å². The quantitative estimate of drug-likeness (QED) is 0.886. The van der Waals surface area contributed by atoms with Crippen molar-refractivity contribution in [3.63, 3.8) is 0 Å². The van der Waals surface area contributed by atoms with Crippen LogP contribution in [0.4, 0.5) is 5.69 Å². The van der Waals surface area contributed by atoms with Gasteiger partial charge in [-0.2, -0.15) is 5.10 Å². The van der Waals surface area contributed by atoms with Crippen LogP contribution in [0.1, 0.15) is 44.0 Å². The summed E-state index contributed by atoms with van der Waals surface area (Å²) in [7, 11) is 1.88. The van der Waals surface area contributed by atoms with E-state index in [1.807, 2.05) is 32.7 Å². The minimum absolute atomic E-state index is 0.00600. The minimum Gasteiger partial charge on any atom is -0.342 e. The number of aryl methyl sites for hydroxylation is 2. The summed E-state index contributed by atoms with van der Waals surface area (Å²) in [6.45, 7) is 9.23. The van der Waals surface area contributed by atoms with Gasteiger partial charge in [0.2, 0.25) is 11.8 Å². The van der Waals surface area contributed by atoms with E-state index >= 15 is 0 Å². The van der Waals surface area contributed by atoms with Gasteiger partial charge in [0.05, 0.1) is 23.1 Å². The van der Waals surface area contributed by atoms with E-state index in [2.05, 4.69) is 15.3 Å². The topological polar surface area (TPSA) is 70.5 Å². The maximum absolute atomic E-state index is 12.7. The Morgan fingerprint density at radius 1 is 1.12 bits per heavy atom. The highest BCUT2D eigenvalue weighted by molar-refractivity contribution is 5.95. The third-order valence-electron chi connectivity index (χ3n) is 5.98. The average molecular weight is 361 g/mol. The zero-order valence-electron chi connectivity index (χ0n) is 16.4. The molecule has 2 aliphatic rings. The number of anilines is 1. The SMILES string of the molecule is Cc1nn(C)c(C)c1NC(=O)C(C)N1CCC(C(=O)N2CCCC2)CC1. The number of hydrogen-bond acceptors (Lipinski definition) is 4. The summed E-state index contributed by atoms with van der Waals surface area (Å²) in [6, 6.07) is -0.211. The highest BCUT2D eigenvalue weighted by Gasteiger charge is 2.32. The first-order valence-corrected chi connectivity index (χ1v) is 9.72. The number of amides is 2. The van der Waals surface area contributed by atoms with E-state index in [1.165, 1.54) is 0 Å². The lowest BCUT2D eigenvalue weighted by atomic mass is 9.94. The molecule has 7 heteroatoms. The predicted octanol–water partition coefficient (Wildman–Crippen LogP) is 1.70. The largest absolute Gasteiger partial charge is 0.342 e. The van der Waals surface area contributed by atoms with Gasteiger partial charge < -0.3 is 10.2 Å².